The first-order valence-corrected chi connectivity index (χ1v) is 13.1. The smallest absolute Gasteiger partial charge is 0.254 e. The average Bonchev–Trinajstić information content (AvgIpc) is 2.92. The number of halogens is 1. The molecule has 0 spiro atoms. The van der Waals surface area contributed by atoms with E-state index in [1.807, 2.05) is 30.3 Å². The topological polar surface area (TPSA) is 103 Å². The number of nitrogens with one attached hydrogen (secondary N) is 3. The number of carbonyl (C=O) groups excluding carboxylic acids is 2. The first-order valence-electron chi connectivity index (χ1n) is 11.7. The fraction of sp³-hybridized carbons (Fsp3) is 0.138. The zero-order valence-electron chi connectivity index (χ0n) is 20.7. The Bertz CT molecular complexity index is 1460. The van der Waals surface area contributed by atoms with Crippen LogP contribution in [0.15, 0.2) is 101 Å². The Balaban J connectivity index is 1.67. The third-order valence-electron chi connectivity index (χ3n) is 5.87. The van der Waals surface area contributed by atoms with E-state index in [-0.39, 0.29) is 11.7 Å². The second-order valence-electron chi connectivity index (χ2n) is 8.33. The molecule has 2 amide bonds. The lowest BCUT2D eigenvalue weighted by Gasteiger charge is -2.30. The molecule has 0 bridgehead atoms. The summed E-state index contributed by atoms with van der Waals surface area (Å²) in [7, 11) is 1.53. The van der Waals surface area contributed by atoms with Crippen molar-refractivity contribution in [1.82, 2.24) is 5.32 Å². The highest BCUT2D eigenvalue weighted by molar-refractivity contribution is 8.03. The van der Waals surface area contributed by atoms with E-state index < -0.39 is 11.8 Å². The standard InChI is InChI=1S/C29H25ClN4O3S/c1-18-26(28(36)34-23-14-8-9-15-24(23)37-2)27(20-12-6-7-13-22(20)30)21(16-31)29(32-18)38-17-25(35)33-19-10-4-3-5-11-19/h3-15,27,32H,17H2,1-2H3,(H,33,35)(H,34,36)/t27-/m0/s1. The van der Waals surface area contributed by atoms with Crippen LogP contribution in [0.5, 0.6) is 5.75 Å². The molecule has 192 valence electrons. The third kappa shape index (κ3) is 6.02. The number of ether oxygens (including phenoxy) is 1. The van der Waals surface area contributed by atoms with Gasteiger partial charge in [0.2, 0.25) is 5.91 Å². The van der Waals surface area contributed by atoms with Crippen molar-refractivity contribution in [3.05, 3.63) is 111 Å². The quantitative estimate of drug-likeness (QED) is 0.319. The highest BCUT2D eigenvalue weighted by atomic mass is 35.5. The number of nitriles is 1. The van der Waals surface area contributed by atoms with E-state index >= 15 is 0 Å². The Morgan fingerprint density at radius 1 is 1.03 bits per heavy atom. The van der Waals surface area contributed by atoms with Gasteiger partial charge in [0, 0.05) is 22.0 Å². The maximum atomic E-state index is 13.7. The van der Waals surface area contributed by atoms with Crippen molar-refractivity contribution < 1.29 is 14.3 Å². The Morgan fingerprint density at radius 2 is 1.71 bits per heavy atom. The largest absolute Gasteiger partial charge is 0.495 e. The first-order chi connectivity index (χ1) is 18.4. The van der Waals surface area contributed by atoms with Gasteiger partial charge in [0.05, 0.1) is 41.1 Å². The number of benzene rings is 3. The molecule has 3 aromatic rings. The molecular weight excluding hydrogens is 520 g/mol. The maximum absolute atomic E-state index is 13.7. The third-order valence-corrected chi connectivity index (χ3v) is 7.23. The lowest BCUT2D eigenvalue weighted by Crippen LogP contribution is -2.31. The highest BCUT2D eigenvalue weighted by Gasteiger charge is 2.36. The van der Waals surface area contributed by atoms with Crippen LogP contribution in [-0.2, 0) is 9.59 Å². The molecule has 0 radical (unpaired) electrons. The van der Waals surface area contributed by atoms with Gasteiger partial charge in [-0.2, -0.15) is 5.26 Å². The van der Waals surface area contributed by atoms with Crippen LogP contribution in [0.4, 0.5) is 11.4 Å². The molecule has 0 fully saturated rings. The molecule has 0 aromatic heterocycles. The highest BCUT2D eigenvalue weighted by Crippen LogP contribution is 2.43. The number of carbonyl (C=O) groups is 2. The lowest BCUT2D eigenvalue weighted by atomic mass is 9.82. The Kier molecular flexibility index (Phi) is 8.74. The van der Waals surface area contributed by atoms with E-state index in [1.165, 1.54) is 18.9 Å². The summed E-state index contributed by atoms with van der Waals surface area (Å²) in [5, 5.41) is 20.1. The van der Waals surface area contributed by atoms with Gasteiger partial charge < -0.3 is 20.7 Å². The molecule has 1 atom stereocenters. The maximum Gasteiger partial charge on any atom is 0.254 e. The van der Waals surface area contributed by atoms with E-state index in [2.05, 4.69) is 22.0 Å². The summed E-state index contributed by atoms with van der Waals surface area (Å²) in [6, 6.07) is 25.6. The van der Waals surface area contributed by atoms with Gasteiger partial charge in [0.15, 0.2) is 0 Å². The minimum atomic E-state index is -0.746. The average molecular weight is 545 g/mol. The predicted molar refractivity (Wildman–Crippen MR) is 152 cm³/mol. The molecule has 4 rings (SSSR count). The number of para-hydroxylation sites is 3. The summed E-state index contributed by atoms with van der Waals surface area (Å²) >= 11 is 7.77. The monoisotopic (exact) mass is 544 g/mol. The van der Waals surface area contributed by atoms with Gasteiger partial charge in [-0.25, -0.2) is 0 Å². The predicted octanol–water partition coefficient (Wildman–Crippen LogP) is 6.06. The van der Waals surface area contributed by atoms with Gasteiger partial charge in [0.25, 0.3) is 5.91 Å². The van der Waals surface area contributed by atoms with Crippen LogP contribution in [0, 0.1) is 11.3 Å². The molecule has 0 unspecified atom stereocenters. The van der Waals surface area contributed by atoms with Crippen LogP contribution < -0.4 is 20.7 Å². The summed E-state index contributed by atoms with van der Waals surface area (Å²) in [6.07, 6.45) is 0. The summed E-state index contributed by atoms with van der Waals surface area (Å²) in [5.74, 6) is -0.794. The zero-order valence-corrected chi connectivity index (χ0v) is 22.3. The molecule has 1 aliphatic rings. The minimum absolute atomic E-state index is 0.0632. The van der Waals surface area contributed by atoms with Crippen molar-refractivity contribution in [3.8, 4) is 11.8 Å². The van der Waals surface area contributed by atoms with Gasteiger partial charge in [-0.05, 0) is 42.8 Å². The van der Waals surface area contributed by atoms with Gasteiger partial charge >= 0.3 is 0 Å². The van der Waals surface area contributed by atoms with Gasteiger partial charge in [-0.1, -0.05) is 71.9 Å². The van der Waals surface area contributed by atoms with Crippen LogP contribution in [0.3, 0.4) is 0 Å². The van der Waals surface area contributed by atoms with Crippen molar-refractivity contribution >= 4 is 46.6 Å². The minimum Gasteiger partial charge on any atom is -0.495 e. The lowest BCUT2D eigenvalue weighted by molar-refractivity contribution is -0.114. The molecular formula is C29H25ClN4O3S. The summed E-state index contributed by atoms with van der Waals surface area (Å²) in [6.45, 7) is 1.76. The molecule has 9 heteroatoms. The van der Waals surface area contributed by atoms with Crippen LogP contribution in [0.2, 0.25) is 5.02 Å². The molecule has 3 N–H and O–H groups in total. The number of methoxy groups -OCH3 is 1. The van der Waals surface area contributed by atoms with E-state index in [0.717, 1.165) is 0 Å². The van der Waals surface area contributed by atoms with Crippen LogP contribution in [0.1, 0.15) is 18.4 Å². The van der Waals surface area contributed by atoms with Crippen molar-refractivity contribution in [2.24, 2.45) is 0 Å². The number of anilines is 2. The molecule has 7 nitrogen and oxygen atoms in total. The molecule has 0 saturated carbocycles. The number of rotatable bonds is 8. The Morgan fingerprint density at radius 3 is 2.42 bits per heavy atom. The van der Waals surface area contributed by atoms with Crippen LogP contribution in [-0.4, -0.2) is 24.7 Å². The SMILES string of the molecule is COc1ccccc1NC(=O)C1=C(C)NC(SCC(=O)Nc2ccccc2)=C(C#N)[C@@H]1c1ccccc1Cl. The van der Waals surface area contributed by atoms with E-state index in [9.17, 15) is 14.9 Å². The Labute approximate surface area is 230 Å². The van der Waals surface area contributed by atoms with Crippen molar-refractivity contribution in [3.63, 3.8) is 0 Å². The number of hydrogen-bond acceptors (Lipinski definition) is 6. The number of allylic oxidation sites excluding steroid dienone is 2. The zero-order chi connectivity index (χ0) is 27.1. The van der Waals surface area contributed by atoms with Gasteiger partial charge in [0.1, 0.15) is 5.75 Å². The summed E-state index contributed by atoms with van der Waals surface area (Å²) in [4.78, 5) is 26.3. The number of thioether (sulfide) groups is 1. The number of dihydropyridines is 1. The van der Waals surface area contributed by atoms with Gasteiger partial charge in [-0.3, -0.25) is 9.59 Å². The van der Waals surface area contributed by atoms with Gasteiger partial charge in [-0.15, -0.1) is 0 Å². The molecule has 38 heavy (non-hydrogen) atoms. The second kappa shape index (κ2) is 12.4. The van der Waals surface area contributed by atoms with Crippen LogP contribution in [0.25, 0.3) is 0 Å². The molecule has 3 aromatic carbocycles. The van der Waals surface area contributed by atoms with Crippen LogP contribution >= 0.6 is 23.4 Å². The summed E-state index contributed by atoms with van der Waals surface area (Å²) in [5.41, 5.74) is 2.99. The van der Waals surface area contributed by atoms with E-state index in [1.54, 1.807) is 55.5 Å². The fourth-order valence-corrected chi connectivity index (χ4v) is 5.28. The number of nitrogens with zero attached hydrogens (tertiary/aromatic N) is 1. The first kappa shape index (κ1) is 26.9. The second-order valence-corrected chi connectivity index (χ2v) is 9.72. The fourth-order valence-electron chi connectivity index (χ4n) is 4.14. The summed E-state index contributed by atoms with van der Waals surface area (Å²) < 4.78 is 5.38. The van der Waals surface area contributed by atoms with E-state index in [4.69, 9.17) is 16.3 Å². The van der Waals surface area contributed by atoms with E-state index in [0.29, 0.717) is 49.6 Å². The number of amides is 2. The van der Waals surface area contributed by atoms with Crippen molar-refractivity contribution in [2.75, 3.05) is 23.5 Å². The normalized spacial score (nSPS) is 14.8. The molecule has 0 saturated heterocycles. The van der Waals surface area contributed by atoms with Crippen molar-refractivity contribution in [1.29, 1.82) is 5.26 Å². The Hall–Kier alpha value is -4.19. The van der Waals surface area contributed by atoms with Crippen molar-refractivity contribution in [2.45, 2.75) is 12.8 Å². The number of hydrogen-bond donors (Lipinski definition) is 3. The molecule has 1 aliphatic heterocycles. The molecule has 0 aliphatic carbocycles. The molecule has 1 heterocycles.